The molecule has 1 aromatic carbocycles. The Morgan fingerprint density at radius 3 is 2.91 bits per heavy atom. The fraction of sp³-hybridized carbons (Fsp3) is 0.429. The number of halogens is 3. The average Bonchev–Trinajstić information content (AvgIpc) is 2.73. The molecule has 1 heterocycles. The lowest BCUT2D eigenvalue weighted by atomic mass is 10.1. The minimum Gasteiger partial charge on any atom is -0.444 e. The summed E-state index contributed by atoms with van der Waals surface area (Å²) >= 11 is 5.91. The Bertz CT molecular complexity index is 626. The van der Waals surface area contributed by atoms with Crippen molar-refractivity contribution in [1.29, 1.82) is 0 Å². The van der Waals surface area contributed by atoms with Crippen LogP contribution in [0.3, 0.4) is 0 Å². The van der Waals surface area contributed by atoms with Gasteiger partial charge in [-0.15, -0.1) is 0 Å². The highest BCUT2D eigenvalue weighted by atomic mass is 35.5. The Hall–Kier alpha value is -1.89. The van der Waals surface area contributed by atoms with Gasteiger partial charge < -0.3 is 15.4 Å². The fourth-order valence-electron chi connectivity index (χ4n) is 2.84. The van der Waals surface area contributed by atoms with Crippen LogP contribution in [0.4, 0.5) is 13.6 Å². The molecule has 118 valence electrons. The van der Waals surface area contributed by atoms with Gasteiger partial charge >= 0.3 is 6.09 Å². The Morgan fingerprint density at radius 1 is 1.41 bits per heavy atom. The van der Waals surface area contributed by atoms with Crippen LogP contribution in [0.5, 0.6) is 0 Å². The number of carbonyl (C=O) groups is 2. The molecule has 1 aliphatic heterocycles. The van der Waals surface area contributed by atoms with Gasteiger partial charge in [0.2, 0.25) is 0 Å². The van der Waals surface area contributed by atoms with Gasteiger partial charge in [0.1, 0.15) is 6.10 Å². The molecule has 0 unspecified atom stereocenters. The Kier molecular flexibility index (Phi) is 3.90. The van der Waals surface area contributed by atoms with E-state index < -0.39 is 24.5 Å². The highest BCUT2D eigenvalue weighted by Gasteiger charge is 2.42. The molecule has 0 aromatic heterocycles. The van der Waals surface area contributed by atoms with Gasteiger partial charge in [0.25, 0.3) is 12.3 Å². The van der Waals surface area contributed by atoms with Crippen LogP contribution in [0.2, 0.25) is 5.02 Å². The maximum absolute atomic E-state index is 12.7. The van der Waals surface area contributed by atoms with Crippen molar-refractivity contribution in [3.8, 4) is 0 Å². The Balaban J connectivity index is 1.75. The fourth-order valence-corrected chi connectivity index (χ4v) is 3.04. The standard InChI is InChI=1S/C14H13ClF2N2O3/c15-9-2-1-6(12(16)17)3-8(9)13(20)19-10-4-7-5-11(10)22-14(21)18-7/h1-3,7,10-12H,4-5H2,(H,18,21)(H,19,20)/t7-,10-,11-/m1/s1. The number of alkyl halides is 2. The molecule has 2 bridgehead atoms. The Labute approximate surface area is 130 Å². The van der Waals surface area contributed by atoms with Gasteiger partial charge in [-0.2, -0.15) is 0 Å². The topological polar surface area (TPSA) is 67.4 Å². The van der Waals surface area contributed by atoms with Crippen molar-refractivity contribution < 1.29 is 23.1 Å². The number of carbonyl (C=O) groups excluding carboxylic acids is 2. The molecule has 2 aliphatic rings. The third-order valence-corrected chi connectivity index (χ3v) is 4.22. The minimum atomic E-state index is -2.68. The van der Waals surface area contributed by atoms with Crippen molar-refractivity contribution in [3.05, 3.63) is 34.3 Å². The molecule has 1 saturated carbocycles. The predicted octanol–water partition coefficient (Wildman–Crippen LogP) is 2.65. The first kappa shape index (κ1) is 15.0. The maximum atomic E-state index is 12.7. The van der Waals surface area contributed by atoms with Crippen LogP contribution in [0, 0.1) is 0 Å². The molecule has 2 N–H and O–H groups in total. The van der Waals surface area contributed by atoms with E-state index >= 15 is 0 Å². The molecule has 1 saturated heterocycles. The number of hydrogen-bond donors (Lipinski definition) is 2. The lowest BCUT2D eigenvalue weighted by Gasteiger charge is -2.23. The lowest BCUT2D eigenvalue weighted by molar-refractivity contribution is 0.0659. The van der Waals surface area contributed by atoms with Gasteiger partial charge in [-0.05, 0) is 18.6 Å². The quantitative estimate of drug-likeness (QED) is 0.895. The molecule has 2 amide bonds. The summed E-state index contributed by atoms with van der Waals surface area (Å²) in [5, 5.41) is 5.45. The molecule has 5 nitrogen and oxygen atoms in total. The predicted molar refractivity (Wildman–Crippen MR) is 74.1 cm³/mol. The average molecular weight is 331 g/mol. The number of ether oxygens (including phenoxy) is 1. The number of nitrogens with one attached hydrogen (secondary N) is 2. The van der Waals surface area contributed by atoms with Crippen LogP contribution in [0.25, 0.3) is 0 Å². The van der Waals surface area contributed by atoms with Crippen LogP contribution >= 0.6 is 11.6 Å². The minimum absolute atomic E-state index is 0.0137. The second-order valence-corrected chi connectivity index (χ2v) is 5.78. The monoisotopic (exact) mass is 330 g/mol. The summed E-state index contributed by atoms with van der Waals surface area (Å²) in [6.45, 7) is 0. The molecule has 1 aromatic rings. The van der Waals surface area contributed by atoms with E-state index in [9.17, 15) is 18.4 Å². The third kappa shape index (κ3) is 2.85. The van der Waals surface area contributed by atoms with Crippen LogP contribution in [0.1, 0.15) is 35.2 Å². The number of benzene rings is 1. The molecule has 8 heteroatoms. The number of alkyl carbamates (subject to hydrolysis) is 1. The van der Waals surface area contributed by atoms with Gasteiger partial charge in [0, 0.05) is 18.0 Å². The number of rotatable bonds is 3. The first-order valence-electron chi connectivity index (χ1n) is 6.79. The van der Waals surface area contributed by atoms with Crippen molar-refractivity contribution in [2.24, 2.45) is 0 Å². The van der Waals surface area contributed by atoms with Gasteiger partial charge in [0.15, 0.2) is 0 Å². The molecule has 1 aliphatic carbocycles. The first-order chi connectivity index (χ1) is 10.4. The van der Waals surface area contributed by atoms with Crippen molar-refractivity contribution in [2.75, 3.05) is 0 Å². The molecular weight excluding hydrogens is 318 g/mol. The number of amides is 2. The number of fused-ring (bicyclic) bond motifs is 2. The second-order valence-electron chi connectivity index (χ2n) is 5.38. The SMILES string of the molecule is O=C1N[C@@H]2C[C@@H](NC(=O)c3cc(C(F)F)ccc3Cl)[C@@H](C2)O1. The van der Waals surface area contributed by atoms with Gasteiger partial charge in [-0.1, -0.05) is 17.7 Å². The number of hydrogen-bond acceptors (Lipinski definition) is 3. The Morgan fingerprint density at radius 2 is 2.18 bits per heavy atom. The van der Waals surface area contributed by atoms with Crippen molar-refractivity contribution in [3.63, 3.8) is 0 Å². The molecule has 0 radical (unpaired) electrons. The highest BCUT2D eigenvalue weighted by molar-refractivity contribution is 6.33. The van der Waals surface area contributed by atoms with Crippen molar-refractivity contribution in [1.82, 2.24) is 10.6 Å². The maximum Gasteiger partial charge on any atom is 0.407 e. The first-order valence-corrected chi connectivity index (χ1v) is 7.17. The van der Waals surface area contributed by atoms with E-state index in [4.69, 9.17) is 16.3 Å². The van der Waals surface area contributed by atoms with E-state index in [1.807, 2.05) is 0 Å². The van der Waals surface area contributed by atoms with E-state index in [2.05, 4.69) is 10.6 Å². The normalized spacial score (nSPS) is 26.5. The molecule has 3 rings (SSSR count). The highest BCUT2D eigenvalue weighted by Crippen LogP contribution is 2.28. The van der Waals surface area contributed by atoms with E-state index in [-0.39, 0.29) is 28.2 Å². The summed E-state index contributed by atoms with van der Waals surface area (Å²) in [4.78, 5) is 23.5. The van der Waals surface area contributed by atoms with Crippen LogP contribution in [0.15, 0.2) is 18.2 Å². The van der Waals surface area contributed by atoms with E-state index in [1.165, 1.54) is 12.1 Å². The zero-order chi connectivity index (χ0) is 15.9. The van der Waals surface area contributed by atoms with Gasteiger partial charge in [-0.25, -0.2) is 13.6 Å². The van der Waals surface area contributed by atoms with E-state index in [0.717, 1.165) is 6.07 Å². The molecule has 22 heavy (non-hydrogen) atoms. The summed E-state index contributed by atoms with van der Waals surface area (Å²) in [6.07, 6.45) is -2.44. The summed E-state index contributed by atoms with van der Waals surface area (Å²) in [5.74, 6) is -0.555. The molecule has 0 spiro atoms. The lowest BCUT2D eigenvalue weighted by Crippen LogP contribution is -2.44. The van der Waals surface area contributed by atoms with Gasteiger partial charge in [-0.3, -0.25) is 4.79 Å². The van der Waals surface area contributed by atoms with E-state index in [0.29, 0.717) is 12.8 Å². The largest absolute Gasteiger partial charge is 0.444 e. The molecular formula is C14H13ClF2N2O3. The summed E-state index contributed by atoms with van der Waals surface area (Å²) in [6, 6.07) is 3.13. The zero-order valence-corrected chi connectivity index (χ0v) is 12.1. The second kappa shape index (κ2) is 5.72. The third-order valence-electron chi connectivity index (χ3n) is 3.89. The van der Waals surface area contributed by atoms with E-state index in [1.54, 1.807) is 0 Å². The summed E-state index contributed by atoms with van der Waals surface area (Å²) in [5.41, 5.74) is -0.284. The van der Waals surface area contributed by atoms with Gasteiger partial charge in [0.05, 0.1) is 16.6 Å². The van der Waals surface area contributed by atoms with Crippen LogP contribution in [-0.2, 0) is 4.74 Å². The zero-order valence-electron chi connectivity index (χ0n) is 11.3. The summed E-state index contributed by atoms with van der Waals surface area (Å²) in [7, 11) is 0. The molecule has 2 fully saturated rings. The smallest absolute Gasteiger partial charge is 0.407 e. The van der Waals surface area contributed by atoms with Crippen LogP contribution in [-0.4, -0.2) is 30.2 Å². The van der Waals surface area contributed by atoms with Crippen LogP contribution < -0.4 is 10.6 Å². The van der Waals surface area contributed by atoms with Crippen molar-refractivity contribution >= 4 is 23.6 Å². The molecule has 3 atom stereocenters. The summed E-state index contributed by atoms with van der Waals surface area (Å²) < 4.78 is 30.6. The van der Waals surface area contributed by atoms with Crippen molar-refractivity contribution in [2.45, 2.75) is 37.5 Å².